The number of imide groups is 2. The highest BCUT2D eigenvalue weighted by molar-refractivity contribution is 6.22. The third-order valence-electron chi connectivity index (χ3n) is 12.3. The number of benzene rings is 5. The number of nitrogens with one attached hydrogen (secondary N) is 1. The van der Waals surface area contributed by atoms with Gasteiger partial charge in [-0.05, 0) is 72.7 Å². The molecule has 0 bridgehead atoms. The van der Waals surface area contributed by atoms with Gasteiger partial charge in [-0.15, -0.1) is 0 Å². The van der Waals surface area contributed by atoms with Gasteiger partial charge >= 0.3 is 0 Å². The second-order valence-corrected chi connectivity index (χ2v) is 15.4. The summed E-state index contributed by atoms with van der Waals surface area (Å²) < 4.78 is 6.09. The molecule has 5 aromatic rings. The van der Waals surface area contributed by atoms with Gasteiger partial charge in [0.2, 0.25) is 11.8 Å². The van der Waals surface area contributed by atoms with Crippen LogP contribution in [0.4, 0.5) is 11.4 Å². The average Bonchev–Trinajstić information content (AvgIpc) is 3.62. The number of carbonyl (C=O) groups excluding carboxylic acids is 4. The highest BCUT2D eigenvalue weighted by Gasteiger charge is 2.70. The van der Waals surface area contributed by atoms with Crippen molar-refractivity contribution in [3.8, 4) is 11.5 Å². The summed E-state index contributed by atoms with van der Waals surface area (Å²) >= 11 is 0. The van der Waals surface area contributed by atoms with Crippen molar-refractivity contribution >= 4 is 41.1 Å². The number of aromatic hydroxyl groups is 1. The summed E-state index contributed by atoms with van der Waals surface area (Å²) in [7, 11) is 0. The second kappa shape index (κ2) is 14.1. The van der Waals surface area contributed by atoms with Crippen LogP contribution in [0.15, 0.2) is 146 Å². The number of fused-ring (bicyclic) bond motifs is 4. The largest absolute Gasteiger partial charge is 0.508 e. The van der Waals surface area contributed by atoms with Crippen LogP contribution in [-0.4, -0.2) is 33.7 Å². The van der Waals surface area contributed by atoms with E-state index in [1.165, 1.54) is 4.90 Å². The molecule has 1 saturated carbocycles. The Labute approximate surface area is 330 Å². The molecule has 5 aromatic carbocycles. The summed E-state index contributed by atoms with van der Waals surface area (Å²) in [5.41, 5.74) is 7.29. The van der Waals surface area contributed by atoms with Crippen molar-refractivity contribution in [1.29, 1.82) is 0 Å². The van der Waals surface area contributed by atoms with Crippen molar-refractivity contribution in [3.05, 3.63) is 173 Å². The Morgan fingerprint density at radius 1 is 0.825 bits per heavy atom. The number of amides is 4. The molecule has 0 aromatic heterocycles. The molecule has 4 amide bonds. The van der Waals surface area contributed by atoms with E-state index in [9.17, 15) is 19.5 Å². The van der Waals surface area contributed by atoms with Crippen LogP contribution in [0.3, 0.4) is 0 Å². The van der Waals surface area contributed by atoms with Crippen LogP contribution in [-0.2, 0) is 31.2 Å². The maximum absolute atomic E-state index is 15.4. The van der Waals surface area contributed by atoms with Gasteiger partial charge in [0, 0.05) is 17.5 Å². The number of nitrogens with zero attached hydrogens (tertiary/aromatic N) is 2. The number of carbonyl (C=O) groups is 4. The summed E-state index contributed by atoms with van der Waals surface area (Å²) in [4.78, 5) is 60.5. The molecule has 2 saturated heterocycles. The van der Waals surface area contributed by atoms with Crippen LogP contribution in [0.1, 0.15) is 46.6 Å². The van der Waals surface area contributed by atoms with E-state index < -0.39 is 46.8 Å². The van der Waals surface area contributed by atoms with Crippen LogP contribution in [0.25, 0.3) is 6.08 Å². The van der Waals surface area contributed by atoms with E-state index in [1.807, 2.05) is 110 Å². The molecule has 57 heavy (non-hydrogen) atoms. The lowest BCUT2D eigenvalue weighted by Crippen LogP contribution is -2.53. The predicted molar refractivity (Wildman–Crippen MR) is 217 cm³/mol. The van der Waals surface area contributed by atoms with Crippen LogP contribution in [0, 0.1) is 30.6 Å². The standard InChI is InChI=1S/C48H41N3O6/c1-3-30-16-20-34(21-17-30)50-44(53)38-25-24-36-39(42(38)46(50)55)27-40-45(54)51(49-33-18-14-29(2)15-19-33)47(56)48(40,32-12-8-5-9-13-32)43(36)37-23-22-35(26-41(37)52)57-28-31-10-6-4-7-11-31/h3-24,26,38-40,42-43,49,52H,1,25,27-28H2,2H3/t38-,39+,40-,42-,43+,48+/m0/s1. The van der Waals surface area contributed by atoms with E-state index in [-0.39, 0.29) is 37.0 Å². The number of ether oxygens (including phenoxy) is 1. The van der Waals surface area contributed by atoms with Gasteiger partial charge in [-0.25, -0.2) is 0 Å². The number of hydrazine groups is 1. The summed E-state index contributed by atoms with van der Waals surface area (Å²) in [5.74, 6) is -5.02. The van der Waals surface area contributed by atoms with Crippen LogP contribution in [0.2, 0.25) is 0 Å². The van der Waals surface area contributed by atoms with Gasteiger partial charge in [0.15, 0.2) is 0 Å². The molecule has 9 nitrogen and oxygen atoms in total. The molecule has 2 aliphatic carbocycles. The number of phenols is 1. The average molecular weight is 756 g/mol. The number of hydrogen-bond donors (Lipinski definition) is 2. The minimum atomic E-state index is -1.51. The molecule has 9 heteroatoms. The number of rotatable bonds is 9. The number of phenolic OH excluding ortho intramolecular Hbond substituents is 1. The zero-order valence-electron chi connectivity index (χ0n) is 31.4. The molecule has 2 aliphatic heterocycles. The Kier molecular flexibility index (Phi) is 8.88. The summed E-state index contributed by atoms with van der Waals surface area (Å²) in [6.45, 7) is 6.06. The van der Waals surface area contributed by atoms with Crippen molar-refractivity contribution < 1.29 is 29.0 Å². The highest BCUT2D eigenvalue weighted by atomic mass is 16.5. The Morgan fingerprint density at radius 3 is 2.21 bits per heavy atom. The minimum absolute atomic E-state index is 0.105. The Bertz CT molecular complexity index is 2450. The first-order valence-electron chi connectivity index (χ1n) is 19.3. The maximum Gasteiger partial charge on any atom is 0.260 e. The lowest BCUT2D eigenvalue weighted by atomic mass is 9.49. The third-order valence-corrected chi connectivity index (χ3v) is 12.3. The fourth-order valence-corrected chi connectivity index (χ4v) is 9.70. The van der Waals surface area contributed by atoms with Gasteiger partial charge in [0.1, 0.15) is 18.1 Å². The summed E-state index contributed by atoms with van der Waals surface area (Å²) in [6.07, 6.45) is 4.10. The SMILES string of the molecule is C=Cc1ccc(N2C(=O)[C@H]3[C@H](CC=C4[C@H]3C[C@H]3C(=O)N(Nc5ccc(C)cc5)C(=O)[C@@]3(c3ccccc3)[C@H]4c3ccc(OCc4ccccc4)cc3O)C2=O)cc1. The lowest BCUT2D eigenvalue weighted by Gasteiger charge is -2.50. The normalized spacial score (nSPS) is 25.1. The lowest BCUT2D eigenvalue weighted by molar-refractivity contribution is -0.138. The molecule has 2 N–H and O–H groups in total. The topological polar surface area (TPSA) is 116 Å². The third kappa shape index (κ3) is 5.76. The Hall–Kier alpha value is -6.74. The number of aryl methyl sites for hydroxylation is 1. The molecular weight excluding hydrogens is 715 g/mol. The zero-order chi connectivity index (χ0) is 39.4. The smallest absolute Gasteiger partial charge is 0.260 e. The van der Waals surface area contributed by atoms with E-state index in [2.05, 4.69) is 12.0 Å². The highest BCUT2D eigenvalue weighted by Crippen LogP contribution is 2.65. The first kappa shape index (κ1) is 35.9. The monoisotopic (exact) mass is 755 g/mol. The minimum Gasteiger partial charge on any atom is -0.508 e. The van der Waals surface area contributed by atoms with Crippen LogP contribution < -0.4 is 15.1 Å². The summed E-state index contributed by atoms with van der Waals surface area (Å²) in [6, 6.07) is 38.6. The van der Waals surface area contributed by atoms with Gasteiger partial charge in [-0.1, -0.05) is 121 Å². The number of hydrogen-bond acceptors (Lipinski definition) is 7. The fourth-order valence-electron chi connectivity index (χ4n) is 9.70. The molecule has 6 atom stereocenters. The second-order valence-electron chi connectivity index (χ2n) is 15.4. The molecule has 284 valence electrons. The summed E-state index contributed by atoms with van der Waals surface area (Å²) in [5, 5.41) is 13.2. The molecular formula is C48H41N3O6. The molecule has 3 fully saturated rings. The fraction of sp³-hybridized carbons (Fsp3) is 0.208. The molecule has 0 spiro atoms. The van der Waals surface area contributed by atoms with E-state index in [0.717, 1.165) is 27.3 Å². The molecule has 9 rings (SSSR count). The first-order valence-corrected chi connectivity index (χ1v) is 19.3. The van der Waals surface area contributed by atoms with Crippen LogP contribution in [0.5, 0.6) is 11.5 Å². The Morgan fingerprint density at radius 2 is 1.53 bits per heavy atom. The van der Waals surface area contributed by atoms with Crippen molar-refractivity contribution in [3.63, 3.8) is 0 Å². The number of allylic oxidation sites excluding steroid dienone is 2. The van der Waals surface area contributed by atoms with Gasteiger partial charge in [-0.3, -0.25) is 29.5 Å². The van der Waals surface area contributed by atoms with Crippen molar-refractivity contribution in [2.24, 2.45) is 23.7 Å². The van der Waals surface area contributed by atoms with Crippen molar-refractivity contribution in [1.82, 2.24) is 5.01 Å². The zero-order valence-corrected chi connectivity index (χ0v) is 31.4. The quantitative estimate of drug-likeness (QED) is 0.115. The van der Waals surface area contributed by atoms with E-state index >= 15 is 4.79 Å². The van der Waals surface area contributed by atoms with Crippen LogP contribution >= 0.6 is 0 Å². The van der Waals surface area contributed by atoms with E-state index in [0.29, 0.717) is 28.3 Å². The molecule has 0 unspecified atom stereocenters. The first-order chi connectivity index (χ1) is 27.7. The predicted octanol–water partition coefficient (Wildman–Crippen LogP) is 8.11. The van der Waals surface area contributed by atoms with E-state index in [4.69, 9.17) is 4.74 Å². The van der Waals surface area contributed by atoms with Gasteiger partial charge in [0.25, 0.3) is 11.8 Å². The number of anilines is 2. The van der Waals surface area contributed by atoms with Crippen molar-refractivity contribution in [2.45, 2.75) is 37.7 Å². The van der Waals surface area contributed by atoms with Crippen molar-refractivity contribution in [2.75, 3.05) is 10.3 Å². The molecule has 0 radical (unpaired) electrons. The van der Waals surface area contributed by atoms with Gasteiger partial charge in [0.05, 0.1) is 34.5 Å². The van der Waals surface area contributed by atoms with Gasteiger partial charge < -0.3 is 9.84 Å². The van der Waals surface area contributed by atoms with Gasteiger partial charge in [-0.2, -0.15) is 5.01 Å². The molecule has 4 aliphatic rings. The van der Waals surface area contributed by atoms with E-state index in [1.54, 1.807) is 36.4 Å². The Balaban J connectivity index is 1.19. The molecule has 2 heterocycles. The maximum atomic E-state index is 15.4.